The molecule has 1 amide bonds. The number of carbonyl (C=O) groups is 1. The maximum Gasteiger partial charge on any atom is 0.263 e. The molecule has 6 nitrogen and oxygen atoms in total. The minimum Gasteiger partial charge on any atom is -0.484 e. The van der Waals surface area contributed by atoms with Crippen LogP contribution in [-0.2, 0) is 11.3 Å². The molecular formula is C23H24N4O2. The largest absolute Gasteiger partial charge is 0.484 e. The van der Waals surface area contributed by atoms with Gasteiger partial charge in [-0.2, -0.15) is 5.10 Å². The normalized spacial score (nSPS) is 11.1. The molecule has 6 heteroatoms. The molecule has 4 rings (SSSR count). The lowest BCUT2D eigenvalue weighted by Crippen LogP contribution is -2.20. The molecule has 2 heterocycles. The van der Waals surface area contributed by atoms with Crippen molar-refractivity contribution in [2.45, 2.75) is 33.7 Å². The van der Waals surface area contributed by atoms with Gasteiger partial charge in [-0.1, -0.05) is 30.7 Å². The first kappa shape index (κ1) is 18.9. The highest BCUT2D eigenvalue weighted by atomic mass is 16.5. The van der Waals surface area contributed by atoms with Gasteiger partial charge in [0.15, 0.2) is 18.1 Å². The summed E-state index contributed by atoms with van der Waals surface area (Å²) >= 11 is 0. The Morgan fingerprint density at radius 2 is 1.93 bits per heavy atom. The van der Waals surface area contributed by atoms with Crippen LogP contribution in [0.4, 0.5) is 5.82 Å². The molecule has 0 aliphatic heterocycles. The van der Waals surface area contributed by atoms with Crippen molar-refractivity contribution < 1.29 is 9.53 Å². The van der Waals surface area contributed by atoms with E-state index in [2.05, 4.69) is 30.3 Å². The zero-order valence-corrected chi connectivity index (χ0v) is 16.9. The summed E-state index contributed by atoms with van der Waals surface area (Å²) in [5.74, 6) is 0.936. The summed E-state index contributed by atoms with van der Waals surface area (Å²) in [5, 5.41) is 9.35. The number of nitrogens with zero attached hydrogens (tertiary/aromatic N) is 3. The molecule has 0 saturated carbocycles. The van der Waals surface area contributed by atoms with E-state index in [1.807, 2.05) is 54.1 Å². The van der Waals surface area contributed by atoms with Crippen molar-refractivity contribution in [2.75, 3.05) is 11.9 Å². The first-order valence-corrected chi connectivity index (χ1v) is 9.80. The van der Waals surface area contributed by atoms with Crippen molar-refractivity contribution in [2.24, 2.45) is 0 Å². The third kappa shape index (κ3) is 4.06. The fraction of sp³-hybridized carbons (Fsp3) is 0.261. The first-order valence-electron chi connectivity index (χ1n) is 9.80. The third-order valence-corrected chi connectivity index (χ3v) is 4.72. The molecule has 0 spiro atoms. The maximum absolute atomic E-state index is 12.5. The van der Waals surface area contributed by atoms with Crippen molar-refractivity contribution >= 4 is 33.7 Å². The highest BCUT2D eigenvalue weighted by Crippen LogP contribution is 2.27. The maximum atomic E-state index is 12.5. The van der Waals surface area contributed by atoms with Crippen LogP contribution in [0.2, 0.25) is 0 Å². The second kappa shape index (κ2) is 7.91. The summed E-state index contributed by atoms with van der Waals surface area (Å²) in [7, 11) is 0. The molecule has 2 aromatic carbocycles. The number of pyridine rings is 1. The van der Waals surface area contributed by atoms with E-state index in [1.54, 1.807) is 0 Å². The minimum absolute atomic E-state index is 0.0777. The van der Waals surface area contributed by atoms with Gasteiger partial charge in [0.25, 0.3) is 5.91 Å². The molecule has 0 fully saturated rings. The Hall–Kier alpha value is -3.41. The van der Waals surface area contributed by atoms with Crippen LogP contribution in [0.15, 0.2) is 48.5 Å². The van der Waals surface area contributed by atoms with Gasteiger partial charge in [-0.3, -0.25) is 4.79 Å². The van der Waals surface area contributed by atoms with Crippen molar-refractivity contribution in [3.05, 3.63) is 59.7 Å². The molecule has 2 aromatic heterocycles. The van der Waals surface area contributed by atoms with E-state index in [4.69, 9.17) is 9.72 Å². The van der Waals surface area contributed by atoms with Crippen molar-refractivity contribution in [1.29, 1.82) is 0 Å². The minimum atomic E-state index is -0.251. The SMILES string of the molecule is CCCn1nc(NC(=O)COc2cccc(C)c2)c2cc3cc(C)ccc3nc21. The Labute approximate surface area is 169 Å². The predicted molar refractivity (Wildman–Crippen MR) is 115 cm³/mol. The van der Waals surface area contributed by atoms with E-state index >= 15 is 0 Å². The number of nitrogens with one attached hydrogen (secondary N) is 1. The van der Waals surface area contributed by atoms with Crippen molar-refractivity contribution in [1.82, 2.24) is 14.8 Å². The summed E-state index contributed by atoms with van der Waals surface area (Å²) < 4.78 is 7.46. The van der Waals surface area contributed by atoms with Gasteiger partial charge in [0.1, 0.15) is 5.75 Å². The number of aryl methyl sites for hydroxylation is 3. The lowest BCUT2D eigenvalue weighted by molar-refractivity contribution is -0.118. The Balaban J connectivity index is 1.62. The standard InChI is InChI=1S/C23H24N4O2/c1-4-10-27-23-19(13-17-11-16(3)8-9-20(17)24-23)22(26-27)25-21(28)14-29-18-7-5-6-15(2)12-18/h5-9,11-13H,4,10,14H2,1-3H3,(H,25,26,28). The fourth-order valence-corrected chi connectivity index (χ4v) is 3.36. The summed E-state index contributed by atoms with van der Waals surface area (Å²) in [5.41, 5.74) is 3.94. The van der Waals surface area contributed by atoms with Crippen LogP contribution < -0.4 is 10.1 Å². The number of ether oxygens (including phenoxy) is 1. The van der Waals surface area contributed by atoms with E-state index in [-0.39, 0.29) is 12.5 Å². The van der Waals surface area contributed by atoms with Crippen molar-refractivity contribution in [3.8, 4) is 5.75 Å². The van der Waals surface area contributed by atoms with Gasteiger partial charge in [-0.25, -0.2) is 9.67 Å². The Morgan fingerprint density at radius 3 is 2.72 bits per heavy atom. The van der Waals surface area contributed by atoms with E-state index in [1.165, 1.54) is 0 Å². The molecule has 0 saturated heterocycles. The highest BCUT2D eigenvalue weighted by molar-refractivity contribution is 6.03. The smallest absolute Gasteiger partial charge is 0.263 e. The number of hydrogen-bond donors (Lipinski definition) is 1. The summed E-state index contributed by atoms with van der Waals surface area (Å²) in [6.07, 6.45) is 0.925. The van der Waals surface area contributed by atoms with Gasteiger partial charge in [-0.15, -0.1) is 0 Å². The second-order valence-corrected chi connectivity index (χ2v) is 7.28. The van der Waals surface area contributed by atoms with Gasteiger partial charge in [0.2, 0.25) is 0 Å². The molecule has 0 bridgehead atoms. The van der Waals surface area contributed by atoms with Crippen LogP contribution in [0.1, 0.15) is 24.5 Å². The molecule has 0 aliphatic rings. The Kier molecular flexibility index (Phi) is 5.16. The molecule has 29 heavy (non-hydrogen) atoms. The number of benzene rings is 2. The zero-order valence-electron chi connectivity index (χ0n) is 16.9. The summed E-state index contributed by atoms with van der Waals surface area (Å²) in [6, 6.07) is 15.8. The number of rotatable bonds is 6. The quantitative estimate of drug-likeness (QED) is 0.523. The Morgan fingerprint density at radius 1 is 1.10 bits per heavy atom. The van der Waals surface area contributed by atoms with Gasteiger partial charge < -0.3 is 10.1 Å². The lowest BCUT2D eigenvalue weighted by atomic mass is 10.1. The topological polar surface area (TPSA) is 69.0 Å². The van der Waals surface area contributed by atoms with Gasteiger partial charge >= 0.3 is 0 Å². The van der Waals surface area contributed by atoms with Crippen LogP contribution in [0.5, 0.6) is 5.75 Å². The van der Waals surface area contributed by atoms with Crippen LogP contribution >= 0.6 is 0 Å². The third-order valence-electron chi connectivity index (χ3n) is 4.72. The van der Waals surface area contributed by atoms with Gasteiger partial charge in [0.05, 0.1) is 10.9 Å². The average Bonchev–Trinajstić information content (AvgIpc) is 3.01. The molecule has 4 aromatic rings. The number of anilines is 1. The first-order chi connectivity index (χ1) is 14.0. The number of hydrogen-bond acceptors (Lipinski definition) is 4. The predicted octanol–water partition coefficient (Wildman–Crippen LogP) is 4.63. The molecule has 1 N–H and O–H groups in total. The number of aromatic nitrogens is 3. The number of fused-ring (bicyclic) bond motifs is 2. The average molecular weight is 388 g/mol. The number of carbonyl (C=O) groups excluding carboxylic acids is 1. The molecule has 0 unspecified atom stereocenters. The highest BCUT2D eigenvalue weighted by Gasteiger charge is 2.15. The Bertz CT molecular complexity index is 1200. The van der Waals surface area contributed by atoms with E-state index in [9.17, 15) is 4.79 Å². The number of amides is 1. The van der Waals surface area contributed by atoms with Gasteiger partial charge in [0, 0.05) is 11.9 Å². The van der Waals surface area contributed by atoms with E-state index < -0.39 is 0 Å². The fourth-order valence-electron chi connectivity index (χ4n) is 3.36. The van der Waals surface area contributed by atoms with Crippen LogP contribution in [0, 0.1) is 13.8 Å². The van der Waals surface area contributed by atoms with Gasteiger partial charge in [-0.05, 0) is 56.2 Å². The second-order valence-electron chi connectivity index (χ2n) is 7.28. The summed E-state index contributed by atoms with van der Waals surface area (Å²) in [6.45, 7) is 6.78. The van der Waals surface area contributed by atoms with E-state index in [0.717, 1.165) is 46.0 Å². The van der Waals surface area contributed by atoms with Crippen LogP contribution in [0.25, 0.3) is 21.9 Å². The molecule has 148 valence electrons. The molecular weight excluding hydrogens is 364 g/mol. The molecule has 0 radical (unpaired) electrons. The van der Waals surface area contributed by atoms with Crippen LogP contribution in [-0.4, -0.2) is 27.3 Å². The molecule has 0 atom stereocenters. The van der Waals surface area contributed by atoms with Crippen molar-refractivity contribution in [3.63, 3.8) is 0 Å². The summed E-state index contributed by atoms with van der Waals surface area (Å²) in [4.78, 5) is 17.3. The monoisotopic (exact) mass is 388 g/mol. The molecule has 0 aliphatic carbocycles. The lowest BCUT2D eigenvalue weighted by Gasteiger charge is -2.07. The zero-order chi connectivity index (χ0) is 20.4. The van der Waals surface area contributed by atoms with Crippen LogP contribution in [0.3, 0.4) is 0 Å². The van der Waals surface area contributed by atoms with E-state index in [0.29, 0.717) is 11.6 Å².